The van der Waals surface area contributed by atoms with Crippen molar-refractivity contribution >= 4 is 23.2 Å². The van der Waals surface area contributed by atoms with E-state index in [0.717, 1.165) is 6.42 Å². The quantitative estimate of drug-likeness (QED) is 0.525. The number of anilines is 2. The summed E-state index contributed by atoms with van der Waals surface area (Å²) in [6.45, 7) is 4.26. The minimum Gasteiger partial charge on any atom is -0.484 e. The summed E-state index contributed by atoms with van der Waals surface area (Å²) in [5.41, 5.74) is 3.13. The first-order valence-corrected chi connectivity index (χ1v) is 10.0. The monoisotopic (exact) mass is 402 g/mol. The van der Waals surface area contributed by atoms with Crippen molar-refractivity contribution < 1.29 is 14.3 Å². The molecule has 1 unspecified atom stereocenters. The fraction of sp³-hybridized carbons (Fsp3) is 0.200. The van der Waals surface area contributed by atoms with Crippen LogP contribution in [0, 0.1) is 0 Å². The van der Waals surface area contributed by atoms with Crippen LogP contribution in [-0.2, 0) is 4.79 Å². The van der Waals surface area contributed by atoms with E-state index in [2.05, 4.69) is 24.5 Å². The lowest BCUT2D eigenvalue weighted by Crippen LogP contribution is -2.20. The Morgan fingerprint density at radius 2 is 1.43 bits per heavy atom. The second-order valence-electron chi connectivity index (χ2n) is 7.11. The molecular formula is C25H26N2O3. The molecule has 0 bridgehead atoms. The summed E-state index contributed by atoms with van der Waals surface area (Å²) < 4.78 is 5.56. The lowest BCUT2D eigenvalue weighted by atomic mass is 9.99. The molecule has 0 saturated heterocycles. The van der Waals surface area contributed by atoms with Crippen LogP contribution in [0.3, 0.4) is 0 Å². The molecule has 0 spiro atoms. The van der Waals surface area contributed by atoms with Crippen molar-refractivity contribution in [1.29, 1.82) is 0 Å². The second kappa shape index (κ2) is 10.3. The van der Waals surface area contributed by atoms with Crippen LogP contribution in [0.15, 0.2) is 78.9 Å². The number of hydrogen-bond acceptors (Lipinski definition) is 3. The summed E-state index contributed by atoms with van der Waals surface area (Å²) in [6, 6.07) is 23.8. The molecule has 0 fully saturated rings. The lowest BCUT2D eigenvalue weighted by molar-refractivity contribution is -0.118. The van der Waals surface area contributed by atoms with Crippen LogP contribution in [0.5, 0.6) is 5.75 Å². The van der Waals surface area contributed by atoms with Gasteiger partial charge in [-0.25, -0.2) is 0 Å². The van der Waals surface area contributed by atoms with Crippen molar-refractivity contribution in [3.63, 3.8) is 0 Å². The van der Waals surface area contributed by atoms with Gasteiger partial charge in [0.25, 0.3) is 11.8 Å². The average molecular weight is 402 g/mol. The molecule has 0 aliphatic carbocycles. The number of hydrogen-bond donors (Lipinski definition) is 2. The van der Waals surface area contributed by atoms with Crippen LogP contribution in [0.2, 0.25) is 0 Å². The summed E-state index contributed by atoms with van der Waals surface area (Å²) in [4.78, 5) is 24.3. The summed E-state index contributed by atoms with van der Waals surface area (Å²) in [5.74, 6) is 0.737. The highest BCUT2D eigenvalue weighted by molar-refractivity contribution is 6.04. The molecule has 0 saturated carbocycles. The normalized spacial score (nSPS) is 11.4. The fourth-order valence-electron chi connectivity index (χ4n) is 2.90. The zero-order valence-corrected chi connectivity index (χ0v) is 17.2. The predicted molar refractivity (Wildman–Crippen MR) is 120 cm³/mol. The SMILES string of the molecule is CCC(C)c1ccc(OCC(=O)Nc2ccc(NC(=O)c3ccccc3)cc2)cc1. The van der Waals surface area contributed by atoms with Crippen molar-refractivity contribution in [2.75, 3.05) is 17.2 Å². The standard InChI is InChI=1S/C25H26N2O3/c1-3-18(2)19-9-15-23(16-10-19)30-17-24(28)26-21-11-13-22(14-12-21)27-25(29)20-7-5-4-6-8-20/h4-16,18H,3,17H2,1-2H3,(H,26,28)(H,27,29). The Hall–Kier alpha value is -3.60. The van der Waals surface area contributed by atoms with E-state index in [1.165, 1.54) is 5.56 Å². The third-order valence-electron chi connectivity index (χ3n) is 4.89. The first kappa shape index (κ1) is 21.1. The van der Waals surface area contributed by atoms with Crippen molar-refractivity contribution in [3.8, 4) is 5.75 Å². The number of carbonyl (C=O) groups is 2. The molecule has 0 heterocycles. The van der Waals surface area contributed by atoms with E-state index in [1.807, 2.05) is 42.5 Å². The molecule has 5 nitrogen and oxygen atoms in total. The van der Waals surface area contributed by atoms with Crippen molar-refractivity contribution in [2.24, 2.45) is 0 Å². The van der Waals surface area contributed by atoms with E-state index >= 15 is 0 Å². The van der Waals surface area contributed by atoms with E-state index in [0.29, 0.717) is 28.6 Å². The fourth-order valence-corrected chi connectivity index (χ4v) is 2.90. The van der Waals surface area contributed by atoms with Gasteiger partial charge in [0.05, 0.1) is 0 Å². The maximum absolute atomic E-state index is 12.2. The van der Waals surface area contributed by atoms with E-state index in [1.54, 1.807) is 36.4 Å². The Balaban J connectivity index is 1.48. The molecule has 30 heavy (non-hydrogen) atoms. The van der Waals surface area contributed by atoms with Crippen molar-refractivity contribution in [3.05, 3.63) is 90.0 Å². The number of benzene rings is 3. The van der Waals surface area contributed by atoms with Gasteiger partial charge in [-0.1, -0.05) is 44.2 Å². The molecular weight excluding hydrogens is 376 g/mol. The Bertz CT molecular complexity index is 968. The number of carbonyl (C=O) groups excluding carboxylic acids is 2. The van der Waals surface area contributed by atoms with Gasteiger partial charge in [0.2, 0.25) is 0 Å². The maximum Gasteiger partial charge on any atom is 0.262 e. The molecule has 0 aromatic heterocycles. The Kier molecular flexibility index (Phi) is 7.22. The van der Waals surface area contributed by atoms with Gasteiger partial charge in [0.1, 0.15) is 5.75 Å². The Morgan fingerprint density at radius 3 is 2.03 bits per heavy atom. The molecule has 2 amide bonds. The third-order valence-corrected chi connectivity index (χ3v) is 4.89. The summed E-state index contributed by atoms with van der Waals surface area (Å²) in [6.07, 6.45) is 1.08. The van der Waals surface area contributed by atoms with E-state index in [4.69, 9.17) is 4.74 Å². The third kappa shape index (κ3) is 5.95. The summed E-state index contributed by atoms with van der Waals surface area (Å²) in [5, 5.41) is 5.61. The average Bonchev–Trinajstić information content (AvgIpc) is 2.79. The first-order valence-electron chi connectivity index (χ1n) is 10.0. The van der Waals surface area contributed by atoms with Gasteiger partial charge < -0.3 is 15.4 Å². The summed E-state index contributed by atoms with van der Waals surface area (Å²) in [7, 11) is 0. The zero-order valence-electron chi connectivity index (χ0n) is 17.2. The van der Waals surface area contributed by atoms with Crippen LogP contribution in [0.4, 0.5) is 11.4 Å². The van der Waals surface area contributed by atoms with Crippen LogP contribution in [0.25, 0.3) is 0 Å². The molecule has 0 aliphatic heterocycles. The van der Waals surface area contributed by atoms with E-state index < -0.39 is 0 Å². The lowest BCUT2D eigenvalue weighted by Gasteiger charge is -2.11. The van der Waals surface area contributed by atoms with Gasteiger partial charge in [-0.15, -0.1) is 0 Å². The minimum atomic E-state index is -0.248. The first-order chi connectivity index (χ1) is 14.5. The molecule has 1 atom stereocenters. The zero-order chi connectivity index (χ0) is 21.3. The summed E-state index contributed by atoms with van der Waals surface area (Å²) >= 11 is 0. The number of nitrogens with one attached hydrogen (secondary N) is 2. The number of amides is 2. The molecule has 5 heteroatoms. The topological polar surface area (TPSA) is 67.4 Å². The molecule has 0 aliphatic rings. The van der Waals surface area contributed by atoms with E-state index in [-0.39, 0.29) is 18.4 Å². The highest BCUT2D eigenvalue weighted by atomic mass is 16.5. The van der Waals surface area contributed by atoms with Crippen LogP contribution >= 0.6 is 0 Å². The van der Waals surface area contributed by atoms with Crippen LogP contribution < -0.4 is 15.4 Å². The van der Waals surface area contributed by atoms with Gasteiger partial charge in [-0.05, 0) is 66.4 Å². The second-order valence-corrected chi connectivity index (χ2v) is 7.11. The highest BCUT2D eigenvalue weighted by Crippen LogP contribution is 2.21. The maximum atomic E-state index is 12.2. The van der Waals surface area contributed by atoms with Crippen LogP contribution in [0.1, 0.15) is 42.1 Å². The largest absolute Gasteiger partial charge is 0.484 e. The van der Waals surface area contributed by atoms with Crippen molar-refractivity contribution in [2.45, 2.75) is 26.2 Å². The number of rotatable bonds is 8. The molecule has 0 radical (unpaired) electrons. The Labute approximate surface area is 177 Å². The predicted octanol–water partition coefficient (Wildman–Crippen LogP) is 5.47. The van der Waals surface area contributed by atoms with Gasteiger partial charge >= 0.3 is 0 Å². The molecule has 3 rings (SSSR count). The molecule has 154 valence electrons. The minimum absolute atomic E-state index is 0.0742. The number of ether oxygens (including phenoxy) is 1. The van der Waals surface area contributed by atoms with Crippen molar-refractivity contribution in [1.82, 2.24) is 0 Å². The Morgan fingerprint density at radius 1 is 0.833 bits per heavy atom. The molecule has 3 aromatic rings. The molecule has 3 aromatic carbocycles. The van der Waals surface area contributed by atoms with E-state index in [9.17, 15) is 9.59 Å². The highest BCUT2D eigenvalue weighted by Gasteiger charge is 2.08. The van der Waals surface area contributed by atoms with Gasteiger partial charge in [0.15, 0.2) is 6.61 Å². The van der Waals surface area contributed by atoms with Gasteiger partial charge in [-0.2, -0.15) is 0 Å². The van der Waals surface area contributed by atoms with Gasteiger partial charge in [0, 0.05) is 16.9 Å². The van der Waals surface area contributed by atoms with Gasteiger partial charge in [-0.3, -0.25) is 9.59 Å². The van der Waals surface area contributed by atoms with Crippen LogP contribution in [-0.4, -0.2) is 18.4 Å². The smallest absolute Gasteiger partial charge is 0.262 e. The molecule has 2 N–H and O–H groups in total.